The Morgan fingerprint density at radius 2 is 1.56 bits per heavy atom. The Kier molecular flexibility index (Phi) is 5.61. The molecule has 0 aliphatic rings. The monoisotopic (exact) mass is 350 g/mol. The fraction of sp³-hybridized carbons (Fsp3) is 0.190. The minimum Gasteiger partial charge on any atom is -0.372 e. The van der Waals surface area contributed by atoms with Gasteiger partial charge in [0.15, 0.2) is 0 Å². The van der Waals surface area contributed by atoms with Gasteiger partial charge >= 0.3 is 0 Å². The standard InChI is InChI=1S/C21H22N2OS/c1-23(2)20-19(25-18-11-7-4-8-12-18)15-17(22-21(20)24)14-13-16-9-5-3-6-10-16/h3-12,15H,13-14H2,1-2H3,(H,22,24). The number of rotatable bonds is 6. The van der Waals surface area contributed by atoms with Crippen LogP contribution in [-0.4, -0.2) is 19.1 Å². The van der Waals surface area contributed by atoms with E-state index >= 15 is 0 Å². The van der Waals surface area contributed by atoms with E-state index in [0.717, 1.165) is 28.3 Å². The van der Waals surface area contributed by atoms with Gasteiger partial charge in [-0.05, 0) is 36.6 Å². The summed E-state index contributed by atoms with van der Waals surface area (Å²) >= 11 is 1.63. The molecule has 4 heteroatoms. The number of hydrogen-bond acceptors (Lipinski definition) is 3. The smallest absolute Gasteiger partial charge is 0.272 e. The lowest BCUT2D eigenvalue weighted by Crippen LogP contribution is -2.22. The Bertz CT molecular complexity index is 873. The van der Waals surface area contributed by atoms with Gasteiger partial charge in [0.1, 0.15) is 5.69 Å². The highest BCUT2D eigenvalue weighted by molar-refractivity contribution is 7.99. The normalized spacial score (nSPS) is 10.6. The number of anilines is 1. The average Bonchev–Trinajstić information content (AvgIpc) is 2.61. The second-order valence-electron chi connectivity index (χ2n) is 6.13. The van der Waals surface area contributed by atoms with Crippen molar-refractivity contribution in [1.29, 1.82) is 0 Å². The van der Waals surface area contributed by atoms with Gasteiger partial charge in [-0.2, -0.15) is 0 Å². The van der Waals surface area contributed by atoms with Gasteiger partial charge in [-0.15, -0.1) is 0 Å². The maximum absolute atomic E-state index is 12.6. The molecule has 3 nitrogen and oxygen atoms in total. The predicted octanol–water partition coefficient (Wildman–Crippen LogP) is 4.38. The average molecular weight is 350 g/mol. The first kappa shape index (κ1) is 17.4. The third kappa shape index (κ3) is 4.54. The van der Waals surface area contributed by atoms with Gasteiger partial charge < -0.3 is 9.88 Å². The van der Waals surface area contributed by atoms with Crippen LogP contribution in [0.15, 0.2) is 81.3 Å². The Morgan fingerprint density at radius 1 is 0.920 bits per heavy atom. The molecule has 0 radical (unpaired) electrons. The number of nitrogens with one attached hydrogen (secondary N) is 1. The fourth-order valence-corrected chi connectivity index (χ4v) is 3.88. The van der Waals surface area contributed by atoms with Gasteiger partial charge in [0, 0.05) is 29.6 Å². The number of aromatic amines is 1. The lowest BCUT2D eigenvalue weighted by molar-refractivity contribution is 0.888. The largest absolute Gasteiger partial charge is 0.372 e. The summed E-state index contributed by atoms with van der Waals surface area (Å²) in [6.07, 6.45) is 1.73. The molecule has 0 unspecified atom stereocenters. The molecule has 0 bridgehead atoms. The molecule has 0 atom stereocenters. The Balaban J connectivity index is 1.88. The molecular formula is C21H22N2OS. The Labute approximate surface area is 152 Å². The van der Waals surface area contributed by atoms with Crippen LogP contribution in [0.1, 0.15) is 11.3 Å². The molecule has 0 aliphatic heterocycles. The molecule has 0 saturated heterocycles. The van der Waals surface area contributed by atoms with Crippen LogP contribution in [0.2, 0.25) is 0 Å². The third-order valence-corrected chi connectivity index (χ3v) is 5.01. The van der Waals surface area contributed by atoms with E-state index in [-0.39, 0.29) is 5.56 Å². The summed E-state index contributed by atoms with van der Waals surface area (Å²) in [5.74, 6) is 0. The molecule has 0 amide bonds. The fourth-order valence-electron chi connectivity index (χ4n) is 2.75. The first-order valence-electron chi connectivity index (χ1n) is 8.34. The minimum absolute atomic E-state index is 0.0333. The van der Waals surface area contributed by atoms with Crippen molar-refractivity contribution in [2.75, 3.05) is 19.0 Å². The summed E-state index contributed by atoms with van der Waals surface area (Å²) in [5.41, 5.74) is 2.92. The Morgan fingerprint density at radius 3 is 2.20 bits per heavy atom. The third-order valence-electron chi connectivity index (χ3n) is 3.97. The summed E-state index contributed by atoms with van der Waals surface area (Å²) in [5, 5.41) is 0. The zero-order chi connectivity index (χ0) is 17.6. The molecular weight excluding hydrogens is 328 g/mol. The lowest BCUT2D eigenvalue weighted by Gasteiger charge is -2.17. The number of H-pyrrole nitrogens is 1. The first-order chi connectivity index (χ1) is 12.1. The highest BCUT2D eigenvalue weighted by atomic mass is 32.2. The first-order valence-corrected chi connectivity index (χ1v) is 9.15. The topological polar surface area (TPSA) is 36.1 Å². The quantitative estimate of drug-likeness (QED) is 0.717. The lowest BCUT2D eigenvalue weighted by atomic mass is 10.1. The van der Waals surface area contributed by atoms with Crippen LogP contribution < -0.4 is 10.5 Å². The molecule has 0 aliphatic carbocycles. The summed E-state index contributed by atoms with van der Waals surface area (Å²) in [6.45, 7) is 0. The van der Waals surface area contributed by atoms with Crippen molar-refractivity contribution in [2.45, 2.75) is 22.6 Å². The van der Waals surface area contributed by atoms with E-state index in [9.17, 15) is 4.79 Å². The SMILES string of the molecule is CN(C)c1c(Sc2ccccc2)cc(CCc2ccccc2)[nH]c1=O. The van der Waals surface area contributed by atoms with Crippen molar-refractivity contribution in [3.05, 3.63) is 88.3 Å². The zero-order valence-electron chi connectivity index (χ0n) is 14.5. The Hall–Kier alpha value is -2.46. The van der Waals surface area contributed by atoms with Gasteiger partial charge in [-0.25, -0.2) is 0 Å². The minimum atomic E-state index is -0.0333. The molecule has 0 saturated carbocycles. The van der Waals surface area contributed by atoms with Crippen molar-refractivity contribution in [2.24, 2.45) is 0 Å². The highest BCUT2D eigenvalue weighted by Crippen LogP contribution is 2.33. The van der Waals surface area contributed by atoms with E-state index in [4.69, 9.17) is 0 Å². The summed E-state index contributed by atoms with van der Waals surface area (Å²) in [7, 11) is 3.81. The molecule has 3 rings (SSSR count). The summed E-state index contributed by atoms with van der Waals surface area (Å²) < 4.78 is 0. The van der Waals surface area contributed by atoms with Gasteiger partial charge in [0.25, 0.3) is 5.56 Å². The van der Waals surface area contributed by atoms with Crippen molar-refractivity contribution >= 4 is 17.4 Å². The maximum Gasteiger partial charge on any atom is 0.272 e. The number of aryl methyl sites for hydroxylation is 2. The van der Waals surface area contributed by atoms with Gasteiger partial charge in [0.05, 0.1) is 0 Å². The van der Waals surface area contributed by atoms with Crippen LogP contribution in [0.3, 0.4) is 0 Å². The second-order valence-corrected chi connectivity index (χ2v) is 7.25. The van der Waals surface area contributed by atoms with Crippen LogP contribution >= 0.6 is 11.8 Å². The number of pyridine rings is 1. The van der Waals surface area contributed by atoms with Gasteiger partial charge in [0.2, 0.25) is 0 Å². The molecule has 25 heavy (non-hydrogen) atoms. The molecule has 2 aromatic carbocycles. The number of benzene rings is 2. The summed E-state index contributed by atoms with van der Waals surface area (Å²) in [4.78, 5) is 19.6. The van der Waals surface area contributed by atoms with E-state index in [0.29, 0.717) is 5.69 Å². The molecule has 3 aromatic rings. The van der Waals surface area contributed by atoms with Crippen LogP contribution in [0.5, 0.6) is 0 Å². The summed E-state index contributed by atoms with van der Waals surface area (Å²) in [6, 6.07) is 22.6. The van der Waals surface area contributed by atoms with Crippen molar-refractivity contribution in [1.82, 2.24) is 4.98 Å². The van der Waals surface area contributed by atoms with Gasteiger partial charge in [-0.1, -0.05) is 60.3 Å². The molecule has 1 heterocycles. The number of nitrogens with zero attached hydrogens (tertiary/aromatic N) is 1. The van der Waals surface area contributed by atoms with Crippen LogP contribution in [0.4, 0.5) is 5.69 Å². The van der Waals surface area contributed by atoms with E-state index < -0.39 is 0 Å². The molecule has 1 N–H and O–H groups in total. The highest BCUT2D eigenvalue weighted by Gasteiger charge is 2.13. The van der Waals surface area contributed by atoms with Gasteiger partial charge in [-0.3, -0.25) is 4.79 Å². The zero-order valence-corrected chi connectivity index (χ0v) is 15.3. The number of aromatic nitrogens is 1. The van der Waals surface area contributed by atoms with E-state index in [2.05, 4.69) is 35.3 Å². The van der Waals surface area contributed by atoms with Crippen LogP contribution in [0, 0.1) is 0 Å². The van der Waals surface area contributed by atoms with E-state index in [1.54, 1.807) is 11.8 Å². The van der Waals surface area contributed by atoms with Crippen LogP contribution in [0.25, 0.3) is 0 Å². The molecule has 1 aromatic heterocycles. The second kappa shape index (κ2) is 8.08. The number of hydrogen-bond donors (Lipinski definition) is 1. The van der Waals surface area contributed by atoms with Crippen molar-refractivity contribution < 1.29 is 0 Å². The molecule has 128 valence electrons. The van der Waals surface area contributed by atoms with Crippen LogP contribution in [-0.2, 0) is 12.8 Å². The molecule has 0 fully saturated rings. The van der Waals surface area contributed by atoms with Crippen molar-refractivity contribution in [3.63, 3.8) is 0 Å². The van der Waals surface area contributed by atoms with Crippen molar-refractivity contribution in [3.8, 4) is 0 Å². The van der Waals surface area contributed by atoms with E-state index in [1.807, 2.05) is 55.4 Å². The molecule has 0 spiro atoms. The maximum atomic E-state index is 12.6. The predicted molar refractivity (Wildman–Crippen MR) is 106 cm³/mol. The van der Waals surface area contributed by atoms with E-state index in [1.165, 1.54) is 5.56 Å².